The number of fused-ring (bicyclic) bond motifs is 1. The topological polar surface area (TPSA) is 37.1 Å². The van der Waals surface area contributed by atoms with E-state index in [0.29, 0.717) is 9.94 Å². The molecule has 0 aliphatic carbocycles. The van der Waals surface area contributed by atoms with Crippen molar-refractivity contribution in [1.29, 1.82) is 0 Å². The molecule has 4 heteroatoms. The Morgan fingerprint density at radius 3 is 2.46 bits per heavy atom. The number of hydrogen-bond donors (Lipinski definition) is 0. The molecule has 3 nitrogen and oxygen atoms in total. The van der Waals surface area contributed by atoms with Crippen molar-refractivity contribution in [2.45, 2.75) is 11.8 Å². The molecule has 0 saturated heterocycles. The summed E-state index contributed by atoms with van der Waals surface area (Å²) in [5, 5.41) is 0.397. The van der Waals surface area contributed by atoms with Gasteiger partial charge in [-0.05, 0) is 6.07 Å². The molecule has 1 aromatic rings. The highest BCUT2D eigenvalue weighted by Crippen LogP contribution is 2.30. The first kappa shape index (κ1) is 8.44. The van der Waals surface area contributed by atoms with Crippen molar-refractivity contribution in [2.75, 3.05) is 7.05 Å². The third kappa shape index (κ3) is 0.951. The Kier molecular flexibility index (Phi) is 1.57. The normalized spacial score (nSPS) is 18.9. The highest BCUT2D eigenvalue weighted by molar-refractivity contribution is 8.06. The summed E-state index contributed by atoms with van der Waals surface area (Å²) < 4.78 is 25.1. The van der Waals surface area contributed by atoms with Gasteiger partial charge >= 0.3 is 0 Å². The molecule has 68 valence electrons. The molecule has 1 heterocycles. The highest BCUT2D eigenvalue weighted by Gasteiger charge is 2.38. The fourth-order valence-corrected chi connectivity index (χ4v) is 2.99. The minimum atomic E-state index is -3.19. The summed E-state index contributed by atoms with van der Waals surface area (Å²) in [6.07, 6.45) is 0. The molecule has 0 spiro atoms. The van der Waals surface area contributed by atoms with Crippen LogP contribution in [0.3, 0.4) is 0 Å². The van der Waals surface area contributed by atoms with Gasteiger partial charge in [-0.3, -0.25) is 0 Å². The Labute approximate surface area is 77.3 Å². The molecule has 0 unspecified atom stereocenters. The number of benzene rings is 1. The van der Waals surface area contributed by atoms with Crippen molar-refractivity contribution in [3.8, 4) is 0 Å². The van der Waals surface area contributed by atoms with Gasteiger partial charge in [-0.1, -0.05) is 12.1 Å². The smallest absolute Gasteiger partial charge is 0.212 e. The average molecular weight is 196 g/mol. The number of rotatable bonds is 0. The predicted octanol–water partition coefficient (Wildman–Crippen LogP) is 1.17. The van der Waals surface area contributed by atoms with Crippen LogP contribution < -0.4 is 0 Å². The van der Waals surface area contributed by atoms with Gasteiger partial charge in [0.05, 0.1) is 0 Å². The van der Waals surface area contributed by atoms with Crippen LogP contribution in [0.5, 0.6) is 0 Å². The fraction of sp³-hybridized carbons (Fsp3) is 0.222. The first-order valence-corrected chi connectivity index (χ1v) is 5.45. The zero-order chi connectivity index (χ0) is 9.64. The van der Waals surface area contributed by atoms with Crippen molar-refractivity contribution in [2.24, 2.45) is 0 Å². The standard InChI is InChI=1S/C9H10NO2S/c1-7-10(2)8-5-3-4-6-9(8)13(7,11)12/h3-6H,1-2H3/q+1. The lowest BCUT2D eigenvalue weighted by Crippen LogP contribution is -2.11. The van der Waals surface area contributed by atoms with Crippen LogP contribution >= 0.6 is 0 Å². The molecule has 0 N–H and O–H groups in total. The minimum Gasteiger partial charge on any atom is -0.212 e. The first-order valence-electron chi connectivity index (χ1n) is 3.96. The molecular formula is C9H10NO2S+. The SMILES string of the molecule is CC1=[N+](C)c2ccccc2S1(=O)=O. The maximum Gasteiger partial charge on any atom is 0.275 e. The maximum absolute atomic E-state index is 11.7. The van der Waals surface area contributed by atoms with Gasteiger partial charge in [0.25, 0.3) is 14.9 Å². The zero-order valence-electron chi connectivity index (χ0n) is 7.48. The number of para-hydroxylation sites is 1. The Hall–Kier alpha value is -1.16. The molecule has 0 radical (unpaired) electrons. The molecule has 0 atom stereocenters. The molecule has 0 saturated carbocycles. The lowest BCUT2D eigenvalue weighted by molar-refractivity contribution is -0.402. The fourth-order valence-electron chi connectivity index (χ4n) is 1.47. The summed E-state index contributed by atoms with van der Waals surface area (Å²) in [5.41, 5.74) is 0.764. The predicted molar refractivity (Wildman–Crippen MR) is 50.2 cm³/mol. The summed E-state index contributed by atoms with van der Waals surface area (Å²) in [4.78, 5) is 0.412. The third-order valence-corrected chi connectivity index (χ3v) is 4.35. The van der Waals surface area contributed by atoms with Crippen LogP contribution in [0.2, 0.25) is 0 Å². The zero-order valence-corrected chi connectivity index (χ0v) is 8.30. The molecule has 0 bridgehead atoms. The third-order valence-electron chi connectivity index (χ3n) is 2.38. The van der Waals surface area contributed by atoms with E-state index >= 15 is 0 Å². The van der Waals surface area contributed by atoms with Crippen molar-refractivity contribution >= 4 is 20.6 Å². The van der Waals surface area contributed by atoms with Crippen molar-refractivity contribution in [1.82, 2.24) is 0 Å². The summed E-state index contributed by atoms with van der Waals surface area (Å²) in [6, 6.07) is 7.02. The Morgan fingerprint density at radius 2 is 1.85 bits per heavy atom. The summed E-state index contributed by atoms with van der Waals surface area (Å²) in [5.74, 6) is 0. The number of nitrogens with zero attached hydrogens (tertiary/aromatic N) is 1. The first-order chi connectivity index (χ1) is 6.05. The van der Waals surface area contributed by atoms with Gasteiger partial charge in [0, 0.05) is 13.0 Å². The number of sulfone groups is 1. The lowest BCUT2D eigenvalue weighted by atomic mass is 10.3. The largest absolute Gasteiger partial charge is 0.275 e. The second-order valence-electron chi connectivity index (χ2n) is 3.05. The lowest BCUT2D eigenvalue weighted by Gasteiger charge is -1.90. The van der Waals surface area contributed by atoms with Crippen LogP contribution in [0, 0.1) is 0 Å². The van der Waals surface area contributed by atoms with E-state index in [1.807, 2.05) is 12.1 Å². The van der Waals surface area contributed by atoms with E-state index in [-0.39, 0.29) is 0 Å². The summed E-state index contributed by atoms with van der Waals surface area (Å²) in [7, 11) is -1.43. The van der Waals surface area contributed by atoms with E-state index in [2.05, 4.69) is 0 Å². The monoisotopic (exact) mass is 196 g/mol. The van der Waals surface area contributed by atoms with Crippen LogP contribution in [0.4, 0.5) is 5.69 Å². The summed E-state index contributed by atoms with van der Waals surface area (Å²) >= 11 is 0. The van der Waals surface area contributed by atoms with Crippen LogP contribution in [0.25, 0.3) is 0 Å². The molecule has 0 amide bonds. The number of hydrogen-bond acceptors (Lipinski definition) is 2. The van der Waals surface area contributed by atoms with Crippen LogP contribution in [-0.4, -0.2) is 25.1 Å². The minimum absolute atomic E-state index is 0.397. The molecule has 2 rings (SSSR count). The molecule has 13 heavy (non-hydrogen) atoms. The summed E-state index contributed by atoms with van der Waals surface area (Å²) in [6.45, 7) is 1.62. The Bertz CT molecular complexity index is 500. The van der Waals surface area contributed by atoms with Gasteiger partial charge in [-0.2, -0.15) is 4.58 Å². The highest BCUT2D eigenvalue weighted by atomic mass is 32.2. The van der Waals surface area contributed by atoms with E-state index in [1.165, 1.54) is 0 Å². The molecule has 1 aromatic carbocycles. The quantitative estimate of drug-likeness (QED) is 0.584. The van der Waals surface area contributed by atoms with E-state index < -0.39 is 9.84 Å². The van der Waals surface area contributed by atoms with Gasteiger partial charge in [0.15, 0.2) is 0 Å². The van der Waals surface area contributed by atoms with Gasteiger partial charge in [-0.15, -0.1) is 0 Å². The average Bonchev–Trinajstić information content (AvgIpc) is 2.30. The van der Waals surface area contributed by atoms with Crippen molar-refractivity contribution < 1.29 is 13.0 Å². The molecule has 0 fully saturated rings. The molecular weight excluding hydrogens is 186 g/mol. The van der Waals surface area contributed by atoms with Gasteiger partial charge in [0.2, 0.25) is 5.69 Å². The second-order valence-corrected chi connectivity index (χ2v) is 5.09. The maximum atomic E-state index is 11.7. The molecule has 1 aliphatic rings. The van der Waals surface area contributed by atoms with E-state index in [4.69, 9.17) is 0 Å². The molecule has 0 aromatic heterocycles. The van der Waals surface area contributed by atoms with E-state index in [1.54, 1.807) is 30.7 Å². The Morgan fingerprint density at radius 1 is 1.23 bits per heavy atom. The van der Waals surface area contributed by atoms with E-state index in [0.717, 1.165) is 5.69 Å². The van der Waals surface area contributed by atoms with Gasteiger partial charge in [-0.25, -0.2) is 8.42 Å². The van der Waals surface area contributed by atoms with Crippen LogP contribution in [-0.2, 0) is 9.84 Å². The Balaban J connectivity index is 2.90. The van der Waals surface area contributed by atoms with Crippen molar-refractivity contribution in [3.05, 3.63) is 24.3 Å². The van der Waals surface area contributed by atoms with Crippen LogP contribution in [0.15, 0.2) is 29.2 Å². The van der Waals surface area contributed by atoms with Crippen molar-refractivity contribution in [3.63, 3.8) is 0 Å². The van der Waals surface area contributed by atoms with Gasteiger partial charge in [0.1, 0.15) is 11.9 Å². The van der Waals surface area contributed by atoms with Gasteiger partial charge < -0.3 is 0 Å². The molecule has 1 aliphatic heterocycles. The van der Waals surface area contributed by atoms with E-state index in [9.17, 15) is 8.42 Å². The van der Waals surface area contributed by atoms with Crippen LogP contribution in [0.1, 0.15) is 6.92 Å². The second kappa shape index (κ2) is 2.42.